The summed E-state index contributed by atoms with van der Waals surface area (Å²) in [6, 6.07) is 12.0. The van der Waals surface area contributed by atoms with Crippen molar-refractivity contribution in [2.45, 2.75) is 19.5 Å². The van der Waals surface area contributed by atoms with Crippen molar-refractivity contribution in [2.24, 2.45) is 0 Å². The minimum Gasteiger partial charge on any atom is -1.00 e. The molecule has 0 saturated heterocycles. The summed E-state index contributed by atoms with van der Waals surface area (Å²) < 4.78 is 11.2. The number of methoxy groups -OCH3 is 1. The Kier molecular flexibility index (Phi) is 4.75. The summed E-state index contributed by atoms with van der Waals surface area (Å²) >= 11 is 0. The summed E-state index contributed by atoms with van der Waals surface area (Å²) in [6.45, 7) is 2.75. The predicted octanol–water partition coefficient (Wildman–Crippen LogP) is 0.254. The van der Waals surface area contributed by atoms with E-state index in [0.717, 1.165) is 36.3 Å². The van der Waals surface area contributed by atoms with Crippen LogP contribution < -0.4 is 17.0 Å². The maximum atomic E-state index is 11.5. The van der Waals surface area contributed by atoms with E-state index in [9.17, 15) is 4.79 Å². The third kappa shape index (κ3) is 3.24. The molecule has 1 aromatic carbocycles. The summed E-state index contributed by atoms with van der Waals surface area (Å²) in [5.41, 5.74) is 3.96. The number of esters is 1. The highest BCUT2D eigenvalue weighted by Gasteiger charge is 2.32. The second-order valence-electron chi connectivity index (χ2n) is 6.79. The summed E-state index contributed by atoms with van der Waals surface area (Å²) in [5.74, 6) is 0.659. The number of halogens is 1. The highest BCUT2D eigenvalue weighted by molar-refractivity contribution is 5.86. The number of H-pyrrole nitrogens is 1. The average molecular weight is 405 g/mol. The third-order valence-corrected chi connectivity index (χ3v) is 4.93. The number of carbonyl (C=O) groups is 1. The number of furan rings is 1. The molecule has 1 atom stereocenters. The van der Waals surface area contributed by atoms with Gasteiger partial charge in [0, 0.05) is 28.6 Å². The Hall–Kier alpha value is -2.05. The first-order chi connectivity index (χ1) is 11.6. The van der Waals surface area contributed by atoms with Crippen LogP contribution in [0.1, 0.15) is 27.6 Å². The fraction of sp³-hybridized carbons (Fsp3) is 0.316. The fourth-order valence-electron chi connectivity index (χ4n) is 3.68. The van der Waals surface area contributed by atoms with Crippen molar-refractivity contribution in [3.8, 4) is 0 Å². The van der Waals surface area contributed by atoms with Crippen molar-refractivity contribution in [3.63, 3.8) is 0 Å². The van der Waals surface area contributed by atoms with Gasteiger partial charge in [0.2, 0.25) is 5.76 Å². The Morgan fingerprint density at radius 1 is 1.28 bits per heavy atom. The lowest BCUT2D eigenvalue weighted by atomic mass is 10.0. The van der Waals surface area contributed by atoms with E-state index in [0.29, 0.717) is 0 Å². The third-order valence-electron chi connectivity index (χ3n) is 4.93. The van der Waals surface area contributed by atoms with Crippen molar-refractivity contribution in [1.82, 2.24) is 4.98 Å². The minimum atomic E-state index is -0.429. The molecular formula is C19H21BrN2O3. The molecule has 0 aliphatic carbocycles. The lowest BCUT2D eigenvalue weighted by Gasteiger charge is -2.37. The molecule has 6 heteroatoms. The van der Waals surface area contributed by atoms with E-state index in [1.54, 1.807) is 6.07 Å². The predicted molar refractivity (Wildman–Crippen MR) is 90.5 cm³/mol. The monoisotopic (exact) mass is 404 g/mol. The Morgan fingerprint density at radius 3 is 2.88 bits per heavy atom. The largest absolute Gasteiger partial charge is 1.00 e. The molecule has 25 heavy (non-hydrogen) atoms. The number of fused-ring (bicyclic) bond motifs is 3. The molecule has 1 N–H and O–H groups in total. The van der Waals surface area contributed by atoms with Crippen molar-refractivity contribution in [3.05, 3.63) is 59.2 Å². The van der Waals surface area contributed by atoms with Crippen LogP contribution >= 0.6 is 0 Å². The SMILES string of the molecule is COC(=O)c1ccc(C[N+]2(C)CCc3[nH]c4ccccc4c3C2)o1.[Br-]. The van der Waals surface area contributed by atoms with Crippen molar-refractivity contribution < 1.29 is 35.4 Å². The van der Waals surface area contributed by atoms with Gasteiger partial charge < -0.3 is 35.6 Å². The number of likely N-dealkylation sites (N-methyl/N-ethyl adjacent to an activating group) is 1. The Morgan fingerprint density at radius 2 is 2.08 bits per heavy atom. The van der Waals surface area contributed by atoms with Crippen molar-refractivity contribution in [1.29, 1.82) is 0 Å². The Bertz CT molecular complexity index is 914. The highest BCUT2D eigenvalue weighted by atomic mass is 79.9. The Labute approximate surface area is 156 Å². The van der Waals surface area contributed by atoms with Crippen LogP contribution in [-0.4, -0.2) is 36.1 Å². The number of benzene rings is 1. The fourth-order valence-corrected chi connectivity index (χ4v) is 3.68. The van der Waals surface area contributed by atoms with Gasteiger partial charge in [0.15, 0.2) is 5.76 Å². The molecule has 0 fully saturated rings. The number of quaternary nitrogens is 1. The van der Waals surface area contributed by atoms with Gasteiger partial charge in [0.25, 0.3) is 0 Å². The molecule has 0 radical (unpaired) electrons. The number of carbonyl (C=O) groups excluding carboxylic acids is 1. The van der Waals surface area contributed by atoms with Crippen LogP contribution in [0, 0.1) is 0 Å². The van der Waals surface area contributed by atoms with Gasteiger partial charge in [-0.3, -0.25) is 0 Å². The molecule has 0 saturated carbocycles. The standard InChI is InChI=1S/C19H21N2O3.BrH/c1-21(11-13-7-8-18(24-13)19(22)23-2)10-9-17-15(12-21)14-5-3-4-6-16(14)20-17;/h3-8,20H,9-12H2,1-2H3;1H/q+1;/p-1. The smallest absolute Gasteiger partial charge is 0.373 e. The van der Waals surface area contributed by atoms with E-state index < -0.39 is 5.97 Å². The molecule has 5 nitrogen and oxygen atoms in total. The quantitative estimate of drug-likeness (QED) is 0.503. The molecule has 4 rings (SSSR count). The van der Waals surface area contributed by atoms with E-state index in [1.165, 1.54) is 29.3 Å². The van der Waals surface area contributed by atoms with Gasteiger partial charge in [0.1, 0.15) is 13.1 Å². The van der Waals surface area contributed by atoms with Gasteiger partial charge in [-0.05, 0) is 18.2 Å². The maximum absolute atomic E-state index is 11.5. The summed E-state index contributed by atoms with van der Waals surface area (Å²) in [7, 11) is 3.60. The number of nitrogens with zero attached hydrogens (tertiary/aromatic N) is 1. The molecule has 2 aromatic heterocycles. The maximum Gasteiger partial charge on any atom is 0.373 e. The van der Waals surface area contributed by atoms with Gasteiger partial charge in [-0.15, -0.1) is 0 Å². The number of ether oxygens (including phenoxy) is 1. The van der Waals surface area contributed by atoms with E-state index in [4.69, 9.17) is 9.15 Å². The Balaban J connectivity index is 0.00000182. The van der Waals surface area contributed by atoms with Crippen molar-refractivity contribution >= 4 is 16.9 Å². The van der Waals surface area contributed by atoms with Crippen LogP contribution in [0.4, 0.5) is 0 Å². The van der Waals surface area contributed by atoms with Gasteiger partial charge in [0.05, 0.1) is 20.7 Å². The molecule has 3 aromatic rings. The number of hydrogen-bond donors (Lipinski definition) is 1. The van der Waals surface area contributed by atoms with E-state index in [-0.39, 0.29) is 22.7 Å². The van der Waals surface area contributed by atoms with E-state index in [1.807, 2.05) is 6.07 Å². The molecular weight excluding hydrogens is 384 g/mol. The molecule has 0 bridgehead atoms. The minimum absolute atomic E-state index is 0. The number of rotatable bonds is 3. The summed E-state index contributed by atoms with van der Waals surface area (Å²) in [5, 5.41) is 1.31. The van der Waals surface area contributed by atoms with Crippen molar-refractivity contribution in [2.75, 3.05) is 20.7 Å². The molecule has 1 aliphatic heterocycles. The summed E-state index contributed by atoms with van der Waals surface area (Å²) in [6.07, 6.45) is 1.02. The van der Waals surface area contributed by atoms with Crippen LogP contribution in [0.25, 0.3) is 10.9 Å². The van der Waals surface area contributed by atoms with Crippen LogP contribution in [-0.2, 0) is 24.2 Å². The lowest BCUT2D eigenvalue weighted by Crippen LogP contribution is -3.00. The average Bonchev–Trinajstić information content (AvgIpc) is 3.18. The normalized spacial score (nSPS) is 19.3. The van der Waals surface area contributed by atoms with Gasteiger partial charge >= 0.3 is 5.97 Å². The highest BCUT2D eigenvalue weighted by Crippen LogP contribution is 2.31. The second-order valence-corrected chi connectivity index (χ2v) is 6.79. The molecule has 3 heterocycles. The zero-order valence-electron chi connectivity index (χ0n) is 14.3. The van der Waals surface area contributed by atoms with Crippen LogP contribution in [0.15, 0.2) is 40.8 Å². The number of para-hydroxylation sites is 1. The van der Waals surface area contributed by atoms with E-state index >= 15 is 0 Å². The van der Waals surface area contributed by atoms with Crippen LogP contribution in [0.3, 0.4) is 0 Å². The first kappa shape index (κ1) is 17.8. The first-order valence-corrected chi connectivity index (χ1v) is 8.17. The first-order valence-electron chi connectivity index (χ1n) is 8.17. The topological polar surface area (TPSA) is 55.2 Å². The lowest BCUT2D eigenvalue weighted by molar-refractivity contribution is -0.938. The zero-order valence-corrected chi connectivity index (χ0v) is 15.9. The second kappa shape index (κ2) is 6.69. The number of aromatic nitrogens is 1. The number of aromatic amines is 1. The van der Waals surface area contributed by atoms with Crippen LogP contribution in [0.5, 0.6) is 0 Å². The molecule has 1 unspecified atom stereocenters. The summed E-state index contributed by atoms with van der Waals surface area (Å²) in [4.78, 5) is 15.1. The molecule has 0 amide bonds. The molecule has 132 valence electrons. The van der Waals surface area contributed by atoms with Gasteiger partial charge in [-0.1, -0.05) is 18.2 Å². The van der Waals surface area contributed by atoms with Gasteiger partial charge in [-0.2, -0.15) is 0 Å². The van der Waals surface area contributed by atoms with Gasteiger partial charge in [-0.25, -0.2) is 4.79 Å². The number of hydrogen-bond acceptors (Lipinski definition) is 3. The zero-order chi connectivity index (χ0) is 16.7. The van der Waals surface area contributed by atoms with E-state index in [2.05, 4.69) is 36.3 Å². The van der Waals surface area contributed by atoms with Crippen LogP contribution in [0.2, 0.25) is 0 Å². The number of nitrogens with one attached hydrogen (secondary N) is 1. The molecule has 1 aliphatic rings. The molecule has 0 spiro atoms.